The molecule has 2 rings (SSSR count). The third kappa shape index (κ3) is 9.78. The van der Waals surface area contributed by atoms with Gasteiger partial charge >= 0.3 is 0 Å². The van der Waals surface area contributed by atoms with Gasteiger partial charge in [0.15, 0.2) is 5.96 Å². The van der Waals surface area contributed by atoms with Gasteiger partial charge in [-0.1, -0.05) is 0 Å². The molecule has 1 fully saturated rings. The first kappa shape index (κ1) is 27.6. The van der Waals surface area contributed by atoms with Crippen molar-refractivity contribution in [1.29, 1.82) is 0 Å². The van der Waals surface area contributed by atoms with Crippen molar-refractivity contribution >= 4 is 41.3 Å². The SMILES string of the molecule is CCNC(=NCC1CCN(Cc2csc(C)n2)CC1)NCCN(C(C)C)C(C)C.I. The van der Waals surface area contributed by atoms with Crippen LogP contribution in [0.2, 0.25) is 0 Å². The molecule has 2 N–H and O–H groups in total. The van der Waals surface area contributed by atoms with Crippen molar-refractivity contribution in [3.8, 4) is 0 Å². The predicted octanol–water partition coefficient (Wildman–Crippen LogP) is 3.96. The largest absolute Gasteiger partial charge is 0.357 e. The number of aliphatic imine (C=N–C) groups is 1. The summed E-state index contributed by atoms with van der Waals surface area (Å²) in [5.74, 6) is 1.64. The van der Waals surface area contributed by atoms with Crippen LogP contribution in [0.25, 0.3) is 0 Å². The van der Waals surface area contributed by atoms with Crippen LogP contribution in [0.1, 0.15) is 58.2 Å². The molecule has 1 aromatic heterocycles. The lowest BCUT2D eigenvalue weighted by Gasteiger charge is -2.31. The second-order valence-electron chi connectivity index (χ2n) is 8.65. The molecule has 0 aromatic carbocycles. The molecule has 0 radical (unpaired) electrons. The third-order valence-corrected chi connectivity index (χ3v) is 6.42. The molecule has 8 heteroatoms. The van der Waals surface area contributed by atoms with Gasteiger partial charge in [-0.05, 0) is 73.4 Å². The average molecular weight is 551 g/mol. The van der Waals surface area contributed by atoms with Crippen LogP contribution in [-0.4, -0.2) is 72.1 Å². The number of hydrogen-bond donors (Lipinski definition) is 2. The molecule has 0 bridgehead atoms. The van der Waals surface area contributed by atoms with E-state index in [-0.39, 0.29) is 24.0 Å². The van der Waals surface area contributed by atoms with Crippen molar-refractivity contribution < 1.29 is 0 Å². The lowest BCUT2D eigenvalue weighted by Crippen LogP contribution is -2.45. The summed E-state index contributed by atoms with van der Waals surface area (Å²) in [7, 11) is 0. The summed E-state index contributed by atoms with van der Waals surface area (Å²) in [5.41, 5.74) is 1.22. The van der Waals surface area contributed by atoms with Gasteiger partial charge < -0.3 is 10.6 Å². The van der Waals surface area contributed by atoms with E-state index in [0.29, 0.717) is 18.0 Å². The molecule has 0 amide bonds. The van der Waals surface area contributed by atoms with Crippen LogP contribution in [0.4, 0.5) is 0 Å². The molecule has 0 unspecified atom stereocenters. The molecule has 6 nitrogen and oxygen atoms in total. The Labute approximate surface area is 205 Å². The Bertz CT molecular complexity index is 603. The zero-order valence-electron chi connectivity index (χ0n) is 19.8. The molecule has 1 aliphatic rings. The molecular formula is C22H43IN6S. The Balaban J connectivity index is 0.00000450. The monoisotopic (exact) mass is 550 g/mol. The van der Waals surface area contributed by atoms with Gasteiger partial charge in [0.05, 0.1) is 10.7 Å². The number of aromatic nitrogens is 1. The normalized spacial score (nSPS) is 16.4. The summed E-state index contributed by atoms with van der Waals surface area (Å²) >= 11 is 1.75. The van der Waals surface area contributed by atoms with E-state index in [0.717, 1.165) is 56.8 Å². The molecule has 1 aromatic rings. The zero-order chi connectivity index (χ0) is 21.2. The molecule has 0 spiro atoms. The maximum atomic E-state index is 4.88. The van der Waals surface area contributed by atoms with Gasteiger partial charge in [-0.15, -0.1) is 35.3 Å². The summed E-state index contributed by atoms with van der Waals surface area (Å²) in [5, 5.41) is 10.3. The highest BCUT2D eigenvalue weighted by molar-refractivity contribution is 14.0. The first-order chi connectivity index (χ1) is 13.9. The lowest BCUT2D eigenvalue weighted by atomic mass is 9.97. The van der Waals surface area contributed by atoms with E-state index < -0.39 is 0 Å². The van der Waals surface area contributed by atoms with Gasteiger partial charge in [-0.3, -0.25) is 14.8 Å². The van der Waals surface area contributed by atoms with Crippen LogP contribution >= 0.6 is 35.3 Å². The lowest BCUT2D eigenvalue weighted by molar-refractivity contribution is 0.177. The fraction of sp³-hybridized carbons (Fsp3) is 0.818. The Kier molecular flexibility index (Phi) is 13.4. The summed E-state index contributed by atoms with van der Waals surface area (Å²) < 4.78 is 0. The van der Waals surface area contributed by atoms with Crippen molar-refractivity contribution in [2.45, 2.75) is 73.0 Å². The van der Waals surface area contributed by atoms with E-state index in [9.17, 15) is 0 Å². The zero-order valence-corrected chi connectivity index (χ0v) is 22.9. The Morgan fingerprint density at radius 1 is 1.23 bits per heavy atom. The van der Waals surface area contributed by atoms with Gasteiger partial charge in [0.25, 0.3) is 0 Å². The van der Waals surface area contributed by atoms with Crippen LogP contribution in [0.15, 0.2) is 10.4 Å². The second-order valence-corrected chi connectivity index (χ2v) is 9.71. The number of nitrogens with zero attached hydrogens (tertiary/aromatic N) is 4. The van der Waals surface area contributed by atoms with E-state index in [1.54, 1.807) is 11.3 Å². The van der Waals surface area contributed by atoms with Gasteiger partial charge in [0.2, 0.25) is 0 Å². The first-order valence-corrected chi connectivity index (χ1v) is 12.2. The van der Waals surface area contributed by atoms with Gasteiger partial charge in [-0.25, -0.2) is 4.98 Å². The highest BCUT2D eigenvalue weighted by atomic mass is 127. The number of guanidine groups is 1. The fourth-order valence-corrected chi connectivity index (χ4v) is 4.62. The number of likely N-dealkylation sites (tertiary alicyclic amines) is 1. The summed E-state index contributed by atoms with van der Waals surface area (Å²) in [6.45, 7) is 20.3. The Morgan fingerprint density at radius 2 is 1.90 bits per heavy atom. The maximum absolute atomic E-state index is 4.88. The Hall–Kier alpha value is -0.450. The number of nitrogens with one attached hydrogen (secondary N) is 2. The highest BCUT2D eigenvalue weighted by Crippen LogP contribution is 2.20. The number of hydrogen-bond acceptors (Lipinski definition) is 5. The standard InChI is InChI=1S/C22H42N6S.HI/c1-7-23-22(24-10-13-28(17(2)3)18(4)5)25-14-20-8-11-27(12-9-20)15-21-16-29-19(6)26-21;/h16-18,20H,7-15H2,1-6H3,(H2,23,24,25);1H. The molecule has 174 valence electrons. The van der Waals surface area contributed by atoms with Crippen LogP contribution < -0.4 is 10.6 Å². The van der Waals surface area contributed by atoms with Crippen LogP contribution in [0, 0.1) is 12.8 Å². The average Bonchev–Trinajstić information content (AvgIpc) is 3.08. The molecule has 0 saturated carbocycles. The summed E-state index contributed by atoms with van der Waals surface area (Å²) in [6, 6.07) is 1.13. The van der Waals surface area contributed by atoms with E-state index >= 15 is 0 Å². The van der Waals surface area contributed by atoms with E-state index in [1.807, 2.05) is 0 Å². The van der Waals surface area contributed by atoms with Crippen LogP contribution in [-0.2, 0) is 6.54 Å². The van der Waals surface area contributed by atoms with Crippen molar-refractivity contribution in [2.24, 2.45) is 10.9 Å². The maximum Gasteiger partial charge on any atom is 0.191 e. The van der Waals surface area contributed by atoms with E-state index in [1.165, 1.54) is 18.5 Å². The van der Waals surface area contributed by atoms with Gasteiger partial charge in [0.1, 0.15) is 0 Å². The molecular weight excluding hydrogens is 507 g/mol. The third-order valence-electron chi connectivity index (χ3n) is 5.60. The molecule has 1 aliphatic heterocycles. The highest BCUT2D eigenvalue weighted by Gasteiger charge is 2.20. The van der Waals surface area contributed by atoms with Crippen molar-refractivity contribution in [2.75, 3.05) is 39.3 Å². The van der Waals surface area contributed by atoms with E-state index in [2.05, 4.69) is 72.3 Å². The number of piperidine rings is 1. The molecule has 2 heterocycles. The van der Waals surface area contributed by atoms with Crippen molar-refractivity contribution in [1.82, 2.24) is 25.4 Å². The topological polar surface area (TPSA) is 55.8 Å². The minimum absolute atomic E-state index is 0. The smallest absolute Gasteiger partial charge is 0.191 e. The number of halogens is 1. The van der Waals surface area contributed by atoms with Crippen molar-refractivity contribution in [3.05, 3.63) is 16.1 Å². The van der Waals surface area contributed by atoms with Gasteiger partial charge in [-0.2, -0.15) is 0 Å². The van der Waals surface area contributed by atoms with Crippen LogP contribution in [0.5, 0.6) is 0 Å². The molecule has 1 saturated heterocycles. The number of rotatable bonds is 10. The number of aryl methyl sites for hydroxylation is 1. The van der Waals surface area contributed by atoms with Crippen molar-refractivity contribution in [3.63, 3.8) is 0 Å². The summed E-state index contributed by atoms with van der Waals surface area (Å²) in [4.78, 5) is 14.5. The summed E-state index contributed by atoms with van der Waals surface area (Å²) in [6.07, 6.45) is 2.45. The van der Waals surface area contributed by atoms with Gasteiger partial charge in [0, 0.05) is 50.2 Å². The molecule has 30 heavy (non-hydrogen) atoms. The predicted molar refractivity (Wildman–Crippen MR) is 141 cm³/mol. The second kappa shape index (κ2) is 14.6. The minimum Gasteiger partial charge on any atom is -0.357 e. The minimum atomic E-state index is 0. The quantitative estimate of drug-likeness (QED) is 0.263. The first-order valence-electron chi connectivity index (χ1n) is 11.3. The number of thiazole rings is 1. The van der Waals surface area contributed by atoms with E-state index in [4.69, 9.17) is 4.99 Å². The molecule has 0 atom stereocenters. The Morgan fingerprint density at radius 3 is 2.43 bits per heavy atom. The fourth-order valence-electron chi connectivity index (χ4n) is 4.02. The van der Waals surface area contributed by atoms with Crippen LogP contribution in [0.3, 0.4) is 0 Å². The molecule has 0 aliphatic carbocycles.